The fraction of sp³-hybridized carbons (Fsp3) is 1.00. The van der Waals surface area contributed by atoms with E-state index in [1.165, 1.54) is 49.8 Å². The molecule has 0 aromatic rings. The maximum atomic E-state index is 2.41. The molecule has 0 spiro atoms. The molecule has 2 nitrogen and oxygen atoms in total. The number of nitrogens with zero attached hydrogens (tertiary/aromatic N) is 1. The monoisotopic (exact) mass is 159 g/mol. The zero-order valence-electron chi connectivity index (χ0n) is 7.84. The number of hydrogen-bond acceptors (Lipinski definition) is 1. The van der Waals surface area contributed by atoms with Gasteiger partial charge in [0.25, 0.3) is 0 Å². The van der Waals surface area contributed by atoms with Gasteiger partial charge in [-0.1, -0.05) is 6.92 Å². The molecular weight excluding hydrogens is 138 g/mol. The minimum absolute atomic E-state index is 0. The first kappa shape index (κ1) is 10.9. The van der Waals surface area contributed by atoms with Gasteiger partial charge >= 0.3 is 0 Å². The molecule has 0 radical (unpaired) electrons. The second-order valence-electron chi connectivity index (χ2n) is 3.85. The highest BCUT2D eigenvalue weighted by Gasteiger charge is 2.22. The Morgan fingerprint density at radius 1 is 1.09 bits per heavy atom. The van der Waals surface area contributed by atoms with Gasteiger partial charge in [-0.05, 0) is 25.7 Å². The molecule has 0 amide bonds. The summed E-state index contributed by atoms with van der Waals surface area (Å²) in [4.78, 5) is 0. The van der Waals surface area contributed by atoms with Crippen LogP contribution in [0.4, 0.5) is 0 Å². The molecule has 0 aromatic carbocycles. The van der Waals surface area contributed by atoms with Crippen molar-refractivity contribution in [3.05, 3.63) is 0 Å². The van der Waals surface area contributed by atoms with Gasteiger partial charge in [-0.2, -0.15) is 0 Å². The number of rotatable bonds is 2. The summed E-state index contributed by atoms with van der Waals surface area (Å²) in [7, 11) is 2.41. The second-order valence-corrected chi connectivity index (χ2v) is 3.85. The Balaban J connectivity index is 0.000001000. The topological polar surface area (TPSA) is 30.0 Å². The fourth-order valence-corrected chi connectivity index (χ4v) is 2.04. The van der Waals surface area contributed by atoms with Gasteiger partial charge < -0.3 is 9.96 Å². The molecule has 68 valence electrons. The van der Waals surface area contributed by atoms with E-state index in [2.05, 4.69) is 14.0 Å². The Labute approximate surface area is 70.1 Å². The zero-order valence-corrected chi connectivity index (χ0v) is 7.84. The molecule has 0 atom stereocenters. The van der Waals surface area contributed by atoms with Gasteiger partial charge in [-0.3, -0.25) is 0 Å². The Kier molecular flexibility index (Phi) is 4.69. The second kappa shape index (κ2) is 4.73. The van der Waals surface area contributed by atoms with E-state index in [1.54, 1.807) is 0 Å². The van der Waals surface area contributed by atoms with Crippen LogP contribution < -0.4 is 0 Å². The maximum absolute atomic E-state index is 2.41. The predicted octanol–water partition coefficient (Wildman–Crippen LogP) is 1.85. The molecule has 0 unspecified atom stereocenters. The molecule has 1 rings (SSSR count). The van der Waals surface area contributed by atoms with Gasteiger partial charge in [0.15, 0.2) is 0 Å². The summed E-state index contributed by atoms with van der Waals surface area (Å²) >= 11 is 0. The highest BCUT2D eigenvalue weighted by Crippen LogP contribution is 2.15. The highest BCUT2D eigenvalue weighted by atomic mass is 16.0. The molecule has 1 N–H and O–H groups in total. The molecule has 0 aliphatic carbocycles. The number of hydrogen-bond donors (Lipinski definition) is 0. The quantitative estimate of drug-likeness (QED) is 0.565. The Morgan fingerprint density at radius 2 is 1.64 bits per heavy atom. The molecule has 1 fully saturated rings. The van der Waals surface area contributed by atoms with Crippen LogP contribution in [0.5, 0.6) is 0 Å². The van der Waals surface area contributed by atoms with Crippen LogP contribution in [0, 0.1) is 0 Å². The Morgan fingerprint density at radius 3 is 2.09 bits per heavy atom. The Bertz CT molecular complexity index is 92.2. The number of likely N-dealkylation sites (tertiary alicyclic amines) is 1. The van der Waals surface area contributed by atoms with Crippen LogP contribution in [-0.4, -0.2) is 36.6 Å². The lowest BCUT2D eigenvalue weighted by atomic mass is 10.1. The van der Waals surface area contributed by atoms with Crippen LogP contribution >= 0.6 is 0 Å². The number of piperidine rings is 1. The first-order chi connectivity index (χ1) is 4.77. The van der Waals surface area contributed by atoms with E-state index in [-0.39, 0.29) is 5.48 Å². The molecule has 2 heteroatoms. The van der Waals surface area contributed by atoms with E-state index in [1.807, 2.05) is 0 Å². The van der Waals surface area contributed by atoms with Crippen molar-refractivity contribution in [3.8, 4) is 0 Å². The van der Waals surface area contributed by atoms with Gasteiger partial charge in [0.2, 0.25) is 0 Å². The summed E-state index contributed by atoms with van der Waals surface area (Å²) in [5.41, 5.74) is 0. The van der Waals surface area contributed by atoms with Crippen molar-refractivity contribution in [3.63, 3.8) is 0 Å². The van der Waals surface area contributed by atoms with Crippen LogP contribution in [0.15, 0.2) is 0 Å². The van der Waals surface area contributed by atoms with Crippen molar-refractivity contribution in [2.24, 2.45) is 0 Å². The molecule has 0 bridgehead atoms. The maximum Gasteiger partial charge on any atom is 0.0784 e. The van der Waals surface area contributed by atoms with Gasteiger partial charge in [0.1, 0.15) is 0 Å². The molecule has 0 aromatic heterocycles. The van der Waals surface area contributed by atoms with Crippen molar-refractivity contribution < 1.29 is 9.96 Å². The molecule has 0 saturated carbocycles. The highest BCUT2D eigenvalue weighted by molar-refractivity contribution is 4.50. The molecule has 1 heterocycles. The van der Waals surface area contributed by atoms with Crippen LogP contribution in [0.3, 0.4) is 0 Å². The fourth-order valence-electron chi connectivity index (χ4n) is 2.04. The van der Waals surface area contributed by atoms with Crippen LogP contribution in [0.1, 0.15) is 32.6 Å². The largest absolute Gasteiger partial charge is 0.870 e. The average molecular weight is 159 g/mol. The lowest BCUT2D eigenvalue weighted by Crippen LogP contribution is -2.48. The van der Waals surface area contributed by atoms with E-state index < -0.39 is 0 Å². The van der Waals surface area contributed by atoms with E-state index in [0.717, 1.165) is 0 Å². The third-order valence-corrected chi connectivity index (χ3v) is 2.66. The minimum atomic E-state index is 0. The smallest absolute Gasteiger partial charge is 0.0784 e. The van der Waals surface area contributed by atoms with Crippen molar-refractivity contribution in [1.29, 1.82) is 0 Å². The van der Waals surface area contributed by atoms with Crippen LogP contribution in [0.2, 0.25) is 0 Å². The normalized spacial score (nSPS) is 22.4. The Hall–Kier alpha value is -0.0800. The summed E-state index contributed by atoms with van der Waals surface area (Å²) in [6, 6.07) is 0. The van der Waals surface area contributed by atoms with E-state index in [4.69, 9.17) is 0 Å². The average Bonchev–Trinajstić information content (AvgIpc) is 1.89. The summed E-state index contributed by atoms with van der Waals surface area (Å²) in [5, 5.41) is 0. The van der Waals surface area contributed by atoms with E-state index in [9.17, 15) is 0 Å². The number of quaternary nitrogens is 1. The standard InChI is InChI=1S/C9H20N.H2O/c1-3-7-10(2)8-5-4-6-9-10;/h3-9H2,1-2H3;1H2/q+1;/p-1. The minimum Gasteiger partial charge on any atom is -0.870 e. The first-order valence-corrected chi connectivity index (χ1v) is 4.60. The molecule has 11 heavy (non-hydrogen) atoms. The summed E-state index contributed by atoms with van der Waals surface area (Å²) in [6.07, 6.45) is 5.72. The van der Waals surface area contributed by atoms with Crippen LogP contribution in [-0.2, 0) is 0 Å². The van der Waals surface area contributed by atoms with E-state index in [0.29, 0.717) is 0 Å². The molecule has 1 saturated heterocycles. The molecule has 1 aliphatic rings. The third kappa shape index (κ3) is 3.21. The predicted molar refractivity (Wildman–Crippen MR) is 46.9 cm³/mol. The summed E-state index contributed by atoms with van der Waals surface area (Å²) in [6.45, 7) is 6.53. The van der Waals surface area contributed by atoms with Crippen molar-refractivity contribution in [1.82, 2.24) is 0 Å². The molecule has 1 aliphatic heterocycles. The van der Waals surface area contributed by atoms with Gasteiger partial charge in [-0.25, -0.2) is 0 Å². The van der Waals surface area contributed by atoms with Crippen molar-refractivity contribution >= 4 is 0 Å². The summed E-state index contributed by atoms with van der Waals surface area (Å²) < 4.78 is 1.34. The zero-order chi connectivity index (χ0) is 7.45. The van der Waals surface area contributed by atoms with Gasteiger partial charge in [0, 0.05) is 0 Å². The lowest BCUT2D eigenvalue weighted by molar-refractivity contribution is -0.914. The van der Waals surface area contributed by atoms with Gasteiger partial charge in [-0.15, -0.1) is 0 Å². The lowest BCUT2D eigenvalue weighted by Gasteiger charge is -2.37. The van der Waals surface area contributed by atoms with Gasteiger partial charge in [0.05, 0.1) is 26.7 Å². The van der Waals surface area contributed by atoms with Crippen molar-refractivity contribution in [2.75, 3.05) is 26.7 Å². The van der Waals surface area contributed by atoms with Crippen molar-refractivity contribution in [2.45, 2.75) is 32.6 Å². The van der Waals surface area contributed by atoms with E-state index >= 15 is 0 Å². The van der Waals surface area contributed by atoms with Crippen LogP contribution in [0.25, 0.3) is 0 Å². The SMILES string of the molecule is CCC[N+]1(C)CCCCC1.[OH-]. The molecular formula is C9H21NO. The summed E-state index contributed by atoms with van der Waals surface area (Å²) in [5.74, 6) is 0. The third-order valence-electron chi connectivity index (χ3n) is 2.66. The first-order valence-electron chi connectivity index (χ1n) is 4.60.